The van der Waals surface area contributed by atoms with Gasteiger partial charge in [-0.3, -0.25) is 9.69 Å². The molecule has 0 N–H and O–H groups in total. The lowest BCUT2D eigenvalue weighted by molar-refractivity contribution is 0.0926. The Kier molecular flexibility index (Phi) is 4.21. The zero-order valence-corrected chi connectivity index (χ0v) is 12.1. The first-order chi connectivity index (χ1) is 9.41. The van der Waals surface area contributed by atoms with Crippen LogP contribution in [-0.4, -0.2) is 50.2 Å². The summed E-state index contributed by atoms with van der Waals surface area (Å²) in [4.78, 5) is 13.9. The number of rotatable bonds is 4. The second kappa shape index (κ2) is 5.73. The van der Waals surface area contributed by atoms with Crippen molar-refractivity contribution in [2.45, 2.75) is 12.5 Å². The summed E-state index contributed by atoms with van der Waals surface area (Å²) in [5, 5.41) is 8.71. The third-order valence-corrected chi connectivity index (χ3v) is 5.31. The number of benzene rings is 1. The van der Waals surface area contributed by atoms with E-state index in [0.717, 1.165) is 0 Å². The van der Waals surface area contributed by atoms with Gasteiger partial charge in [0.15, 0.2) is 15.6 Å². The van der Waals surface area contributed by atoms with E-state index < -0.39 is 9.84 Å². The van der Waals surface area contributed by atoms with Crippen molar-refractivity contribution in [2.75, 3.05) is 25.1 Å². The van der Waals surface area contributed by atoms with Gasteiger partial charge in [0.2, 0.25) is 0 Å². The summed E-state index contributed by atoms with van der Waals surface area (Å²) in [7, 11) is -1.17. The molecule has 1 unspecified atom stereocenters. The van der Waals surface area contributed by atoms with Crippen LogP contribution >= 0.6 is 0 Å². The van der Waals surface area contributed by atoms with Crippen LogP contribution in [0.4, 0.5) is 0 Å². The van der Waals surface area contributed by atoms with Crippen LogP contribution in [0.3, 0.4) is 0 Å². The van der Waals surface area contributed by atoms with Gasteiger partial charge >= 0.3 is 0 Å². The van der Waals surface area contributed by atoms with Crippen molar-refractivity contribution < 1.29 is 13.2 Å². The molecule has 1 aliphatic heterocycles. The quantitative estimate of drug-likeness (QED) is 0.769. The Morgan fingerprint density at radius 1 is 1.40 bits per heavy atom. The summed E-state index contributed by atoms with van der Waals surface area (Å²) in [5.74, 6) is 0.262. The Balaban J connectivity index is 1.99. The van der Waals surface area contributed by atoms with Crippen molar-refractivity contribution >= 4 is 15.6 Å². The van der Waals surface area contributed by atoms with E-state index in [2.05, 4.69) is 0 Å². The van der Waals surface area contributed by atoms with Crippen LogP contribution in [0, 0.1) is 11.3 Å². The van der Waals surface area contributed by atoms with Gasteiger partial charge in [-0.25, -0.2) is 8.42 Å². The number of Topliss-reactive ketones (excluding diaryl/α,β-unsaturated/α-hetero) is 1. The van der Waals surface area contributed by atoms with Gasteiger partial charge in [0.25, 0.3) is 0 Å². The molecule has 0 spiro atoms. The van der Waals surface area contributed by atoms with Crippen molar-refractivity contribution in [3.63, 3.8) is 0 Å². The predicted molar refractivity (Wildman–Crippen MR) is 75.2 cm³/mol. The summed E-state index contributed by atoms with van der Waals surface area (Å²) in [6.45, 7) is 0.187. The lowest BCUT2D eigenvalue weighted by Gasteiger charge is -2.22. The van der Waals surface area contributed by atoms with Crippen molar-refractivity contribution in [3.05, 3.63) is 35.4 Å². The average Bonchev–Trinajstić information content (AvgIpc) is 2.79. The molecule has 0 bridgehead atoms. The molecule has 1 heterocycles. The first-order valence-corrected chi connectivity index (χ1v) is 8.17. The van der Waals surface area contributed by atoms with Crippen molar-refractivity contribution in [2.24, 2.45) is 0 Å². The molecule has 0 aromatic heterocycles. The molecule has 0 radical (unpaired) electrons. The second-order valence-electron chi connectivity index (χ2n) is 5.08. The Hall–Kier alpha value is -1.71. The predicted octanol–water partition coefficient (Wildman–Crippen LogP) is 0.860. The van der Waals surface area contributed by atoms with Gasteiger partial charge in [-0.2, -0.15) is 5.26 Å². The minimum Gasteiger partial charge on any atom is -0.295 e. The van der Waals surface area contributed by atoms with Crippen LogP contribution in [0.25, 0.3) is 0 Å². The molecule has 5 nitrogen and oxygen atoms in total. The fourth-order valence-electron chi connectivity index (χ4n) is 2.30. The molecule has 1 atom stereocenters. The second-order valence-corrected chi connectivity index (χ2v) is 7.31. The number of sulfone groups is 1. The fraction of sp³-hybridized carbons (Fsp3) is 0.429. The molecule has 1 aliphatic rings. The highest BCUT2D eigenvalue weighted by Gasteiger charge is 2.31. The van der Waals surface area contributed by atoms with Crippen molar-refractivity contribution in [1.82, 2.24) is 4.90 Å². The SMILES string of the molecule is CN(CC(=O)c1ccc(C#N)cc1)C1CCS(=O)(=O)C1. The third-order valence-electron chi connectivity index (χ3n) is 3.56. The molecule has 1 aromatic rings. The highest BCUT2D eigenvalue weighted by atomic mass is 32.2. The minimum atomic E-state index is -2.94. The smallest absolute Gasteiger partial charge is 0.176 e. The van der Waals surface area contributed by atoms with E-state index in [4.69, 9.17) is 5.26 Å². The molecule has 1 fully saturated rings. The summed E-state index contributed by atoms with van der Waals surface area (Å²) >= 11 is 0. The number of hydrogen-bond acceptors (Lipinski definition) is 5. The van der Waals surface area contributed by atoms with E-state index in [1.54, 1.807) is 36.2 Å². The number of nitriles is 1. The molecule has 2 rings (SSSR count). The van der Waals surface area contributed by atoms with Gasteiger partial charge in [-0.15, -0.1) is 0 Å². The molecular formula is C14H16N2O3S. The van der Waals surface area contributed by atoms with E-state index in [1.165, 1.54) is 0 Å². The van der Waals surface area contributed by atoms with E-state index in [1.807, 2.05) is 6.07 Å². The molecule has 0 saturated carbocycles. The summed E-state index contributed by atoms with van der Waals surface area (Å²) in [6, 6.07) is 8.38. The molecule has 0 aliphatic carbocycles. The van der Waals surface area contributed by atoms with Crippen LogP contribution in [0.15, 0.2) is 24.3 Å². The van der Waals surface area contributed by atoms with Gasteiger partial charge in [0.1, 0.15) is 0 Å². The number of ketones is 1. The monoisotopic (exact) mass is 292 g/mol. The first-order valence-electron chi connectivity index (χ1n) is 6.35. The highest BCUT2D eigenvalue weighted by Crippen LogP contribution is 2.17. The van der Waals surface area contributed by atoms with E-state index in [-0.39, 0.29) is 29.9 Å². The lowest BCUT2D eigenvalue weighted by atomic mass is 10.1. The van der Waals surface area contributed by atoms with Gasteiger partial charge in [-0.05, 0) is 25.6 Å². The standard InChI is InChI=1S/C14H16N2O3S/c1-16(13-6-7-20(18,19)10-13)9-14(17)12-4-2-11(8-15)3-5-12/h2-5,13H,6-7,9-10H2,1H3. The maximum atomic E-state index is 12.1. The maximum absolute atomic E-state index is 12.1. The summed E-state index contributed by atoms with van der Waals surface area (Å²) < 4.78 is 22.9. The van der Waals surface area contributed by atoms with Crippen LogP contribution in [0.2, 0.25) is 0 Å². The Bertz CT molecular complexity index is 644. The third kappa shape index (κ3) is 3.44. The van der Waals surface area contributed by atoms with Crippen LogP contribution in [0.5, 0.6) is 0 Å². The lowest BCUT2D eigenvalue weighted by Crippen LogP contribution is -2.36. The van der Waals surface area contributed by atoms with Crippen LogP contribution < -0.4 is 0 Å². The Morgan fingerprint density at radius 2 is 2.05 bits per heavy atom. The number of hydrogen-bond donors (Lipinski definition) is 0. The number of likely N-dealkylation sites (N-methyl/N-ethyl adjacent to an activating group) is 1. The zero-order chi connectivity index (χ0) is 14.8. The van der Waals surface area contributed by atoms with E-state index in [9.17, 15) is 13.2 Å². The number of nitrogens with zero attached hydrogens (tertiary/aromatic N) is 2. The first kappa shape index (κ1) is 14.7. The molecule has 0 amide bonds. The summed E-state index contributed by atoms with van der Waals surface area (Å²) in [6.07, 6.45) is 0.583. The van der Waals surface area contributed by atoms with Crippen molar-refractivity contribution in [3.8, 4) is 6.07 Å². The maximum Gasteiger partial charge on any atom is 0.176 e. The minimum absolute atomic E-state index is 0.0683. The number of carbonyl (C=O) groups is 1. The van der Waals surface area contributed by atoms with Gasteiger partial charge in [0, 0.05) is 11.6 Å². The van der Waals surface area contributed by atoms with Crippen LogP contribution in [-0.2, 0) is 9.84 Å². The molecule has 106 valence electrons. The number of carbonyl (C=O) groups excluding carboxylic acids is 1. The molecular weight excluding hydrogens is 276 g/mol. The summed E-state index contributed by atoms with van der Waals surface area (Å²) in [5.41, 5.74) is 1.05. The van der Waals surface area contributed by atoms with Gasteiger partial charge in [-0.1, -0.05) is 12.1 Å². The topological polar surface area (TPSA) is 78.2 Å². The molecule has 1 saturated heterocycles. The highest BCUT2D eigenvalue weighted by molar-refractivity contribution is 7.91. The molecule has 20 heavy (non-hydrogen) atoms. The van der Waals surface area contributed by atoms with E-state index in [0.29, 0.717) is 17.5 Å². The van der Waals surface area contributed by atoms with E-state index >= 15 is 0 Å². The Morgan fingerprint density at radius 3 is 2.55 bits per heavy atom. The van der Waals surface area contributed by atoms with Gasteiger partial charge in [0.05, 0.1) is 29.7 Å². The Labute approximate surface area is 118 Å². The van der Waals surface area contributed by atoms with Crippen molar-refractivity contribution in [1.29, 1.82) is 5.26 Å². The average molecular weight is 292 g/mol. The fourth-order valence-corrected chi connectivity index (χ4v) is 4.11. The molecule has 6 heteroatoms. The van der Waals surface area contributed by atoms with Gasteiger partial charge < -0.3 is 0 Å². The van der Waals surface area contributed by atoms with Crippen LogP contribution in [0.1, 0.15) is 22.3 Å². The normalized spacial score (nSPS) is 20.8. The zero-order valence-electron chi connectivity index (χ0n) is 11.2. The molecule has 1 aromatic carbocycles. The largest absolute Gasteiger partial charge is 0.295 e.